The third-order valence-electron chi connectivity index (χ3n) is 4.21. The molecule has 0 amide bonds. The van der Waals surface area contributed by atoms with E-state index in [1.807, 2.05) is 103 Å². The lowest BCUT2D eigenvalue weighted by Gasteiger charge is -2.17. The van der Waals surface area contributed by atoms with Crippen molar-refractivity contribution in [3.63, 3.8) is 0 Å². The Morgan fingerprint density at radius 3 is 1.32 bits per heavy atom. The van der Waals surface area contributed by atoms with Gasteiger partial charge in [-0.3, -0.25) is 4.79 Å². The van der Waals surface area contributed by atoms with Gasteiger partial charge in [0.1, 0.15) is 0 Å². The molecule has 6 nitrogen and oxygen atoms in total. The fourth-order valence-electron chi connectivity index (χ4n) is 2.88. The largest absolute Gasteiger partial charge is 0.361 e. The molecule has 0 spiro atoms. The molecule has 0 radical (unpaired) electrons. The van der Waals surface area contributed by atoms with E-state index in [1.54, 1.807) is 0 Å². The van der Waals surface area contributed by atoms with Gasteiger partial charge in [-0.2, -0.15) is 0 Å². The number of halogens is 1. The number of hydrogen-bond acceptors (Lipinski definition) is 5. The summed E-state index contributed by atoms with van der Waals surface area (Å²) in [4.78, 5) is 13.0. The van der Waals surface area contributed by atoms with Crippen LogP contribution in [-0.2, 0) is 0 Å². The number of carbonyl (C=O) groups excluding carboxylic acids is 1. The number of ketones is 1. The Morgan fingerprint density at radius 2 is 0.935 bits per heavy atom. The van der Waals surface area contributed by atoms with Gasteiger partial charge in [-0.1, -0.05) is 66.7 Å². The average molecular weight is 437 g/mol. The van der Waals surface area contributed by atoms with E-state index in [4.69, 9.17) is 23.1 Å². The first-order valence-corrected chi connectivity index (χ1v) is 10.4. The first kappa shape index (κ1) is 22.3. The first-order valence-electron chi connectivity index (χ1n) is 9.12. The summed E-state index contributed by atoms with van der Waals surface area (Å²) in [6.45, 7) is 0. The van der Waals surface area contributed by atoms with Gasteiger partial charge < -0.3 is 0 Å². The lowest BCUT2D eigenvalue weighted by atomic mass is 10.0. The van der Waals surface area contributed by atoms with E-state index in [0.29, 0.717) is 22.6 Å². The second-order valence-electron chi connectivity index (χ2n) is 6.38. The van der Waals surface area contributed by atoms with Gasteiger partial charge in [0.15, 0.2) is 5.78 Å². The zero-order valence-electron chi connectivity index (χ0n) is 16.1. The molecule has 1 aromatic heterocycles. The van der Waals surface area contributed by atoms with Gasteiger partial charge in [-0.05, 0) is 24.3 Å². The molecule has 4 rings (SSSR count). The van der Waals surface area contributed by atoms with Crippen molar-refractivity contribution < 1.29 is 38.1 Å². The average Bonchev–Trinajstić information content (AvgIpc) is 2.79. The van der Waals surface area contributed by atoms with Crippen LogP contribution in [0.3, 0.4) is 0 Å². The second-order valence-corrected chi connectivity index (χ2v) is 7.14. The summed E-state index contributed by atoms with van der Waals surface area (Å²) >= 11 is 0. The maximum atomic E-state index is 13.0. The van der Waals surface area contributed by atoms with Crippen LogP contribution in [0, 0.1) is 10.2 Å². The van der Waals surface area contributed by atoms with E-state index in [-0.39, 0.29) is 5.78 Å². The number of carbonyl (C=O) groups is 1. The van der Waals surface area contributed by atoms with Crippen LogP contribution in [0.4, 0.5) is 0 Å². The van der Waals surface area contributed by atoms with Crippen LogP contribution in [0.15, 0.2) is 108 Å². The third kappa shape index (κ3) is 6.82. The minimum Gasteiger partial charge on any atom is -0.289 e. The smallest absolute Gasteiger partial charge is 0.289 e. The lowest BCUT2D eigenvalue weighted by Crippen LogP contribution is -2.68. The van der Waals surface area contributed by atoms with Crippen LogP contribution in [0.25, 0.3) is 22.6 Å². The molecule has 3 aromatic carbocycles. The minimum atomic E-state index is -4.94. The van der Waals surface area contributed by atoms with E-state index >= 15 is 0 Å². The van der Waals surface area contributed by atoms with Gasteiger partial charge in [0.25, 0.3) is 0 Å². The van der Waals surface area contributed by atoms with E-state index in [2.05, 4.69) is 0 Å². The quantitative estimate of drug-likeness (QED) is 0.352. The van der Waals surface area contributed by atoms with E-state index < -0.39 is 10.2 Å². The predicted octanol–water partition coefficient (Wildman–Crippen LogP) is 1.37. The van der Waals surface area contributed by atoms with E-state index in [0.717, 1.165) is 11.1 Å². The zero-order chi connectivity index (χ0) is 22.3. The van der Waals surface area contributed by atoms with Crippen LogP contribution >= 0.6 is 0 Å². The Morgan fingerprint density at radius 1 is 0.581 bits per heavy atom. The number of hydrogen-bond donors (Lipinski definition) is 0. The van der Waals surface area contributed by atoms with Gasteiger partial charge in [0, 0.05) is 11.1 Å². The fourth-order valence-corrected chi connectivity index (χ4v) is 2.88. The molecule has 0 fully saturated rings. The zero-order valence-corrected chi connectivity index (χ0v) is 16.9. The molecule has 0 aliphatic heterocycles. The first-order chi connectivity index (χ1) is 14.8. The van der Waals surface area contributed by atoms with E-state index in [9.17, 15) is 4.79 Å². The van der Waals surface area contributed by atoms with Crippen molar-refractivity contribution >= 4 is 5.78 Å². The van der Waals surface area contributed by atoms with Gasteiger partial charge in [-0.15, -0.1) is 10.2 Å². The van der Waals surface area contributed by atoms with Crippen LogP contribution < -0.4 is 18.6 Å². The molecule has 0 saturated carbocycles. The maximum absolute atomic E-state index is 13.0. The summed E-state index contributed by atoms with van der Waals surface area (Å²) in [6.07, 6.45) is 0. The molecular formula is C24H17ClO6. The highest BCUT2D eigenvalue weighted by molar-refractivity contribution is 6.09. The predicted molar refractivity (Wildman–Crippen MR) is 104 cm³/mol. The Balaban J connectivity index is 0.000000491. The molecule has 0 unspecified atom stereocenters. The third-order valence-corrected chi connectivity index (χ3v) is 4.21. The van der Waals surface area contributed by atoms with Gasteiger partial charge in [0.05, 0.1) is 23.3 Å². The molecule has 4 aromatic rings. The molecule has 7 heteroatoms. The molecule has 0 N–H and O–H groups in total. The molecule has 0 atom stereocenters. The topological polar surface area (TPSA) is 121 Å². The number of rotatable bonds is 4. The Hall–Kier alpha value is -3.39. The Labute approximate surface area is 181 Å². The van der Waals surface area contributed by atoms with Crippen molar-refractivity contribution in [3.05, 3.63) is 114 Å². The highest BCUT2D eigenvalue weighted by atomic mass is 35.7. The van der Waals surface area contributed by atoms with Gasteiger partial charge in [0.2, 0.25) is 0 Å². The SMILES string of the molecule is O=C(c1ccccc1)c1cc(-c2ccccc2)[o+]c(-c2ccccc2)c1.[O-][Cl+3]([O-])([O-])[O-]. The van der Waals surface area contributed by atoms with Crippen molar-refractivity contribution in [2.75, 3.05) is 0 Å². The van der Waals surface area contributed by atoms with Crippen LogP contribution in [0.1, 0.15) is 15.9 Å². The Kier molecular flexibility index (Phi) is 7.25. The summed E-state index contributed by atoms with van der Waals surface area (Å²) in [5, 5.41) is 0. The van der Waals surface area contributed by atoms with Crippen molar-refractivity contribution in [2.24, 2.45) is 0 Å². The summed E-state index contributed by atoms with van der Waals surface area (Å²) < 4.78 is 40.1. The molecule has 156 valence electrons. The minimum absolute atomic E-state index is 0.0178. The monoisotopic (exact) mass is 436 g/mol. The molecule has 0 aliphatic carbocycles. The van der Waals surface area contributed by atoms with Crippen molar-refractivity contribution in [1.82, 2.24) is 0 Å². The second kappa shape index (κ2) is 10.1. The van der Waals surface area contributed by atoms with Crippen LogP contribution in [-0.4, -0.2) is 5.78 Å². The summed E-state index contributed by atoms with van der Waals surface area (Å²) in [5.74, 6) is 1.33. The Bertz CT molecular complexity index is 1060. The van der Waals surface area contributed by atoms with Gasteiger partial charge >= 0.3 is 11.5 Å². The normalized spacial score (nSPS) is 10.7. The maximum Gasteiger partial charge on any atom is 0.361 e. The number of benzene rings is 3. The highest BCUT2D eigenvalue weighted by Gasteiger charge is 2.23. The molecule has 0 bridgehead atoms. The van der Waals surface area contributed by atoms with Crippen molar-refractivity contribution in [3.8, 4) is 22.6 Å². The molecule has 1 heterocycles. The van der Waals surface area contributed by atoms with Crippen LogP contribution in [0.5, 0.6) is 0 Å². The fraction of sp³-hybridized carbons (Fsp3) is 0. The molecule has 0 aliphatic rings. The molecule has 0 saturated heterocycles. The summed E-state index contributed by atoms with van der Waals surface area (Å²) in [6, 6.07) is 32.6. The molecule has 31 heavy (non-hydrogen) atoms. The van der Waals surface area contributed by atoms with Crippen molar-refractivity contribution in [2.45, 2.75) is 0 Å². The van der Waals surface area contributed by atoms with Crippen molar-refractivity contribution in [1.29, 1.82) is 0 Å². The highest BCUT2D eigenvalue weighted by Crippen LogP contribution is 2.29. The van der Waals surface area contributed by atoms with E-state index in [1.165, 1.54) is 0 Å². The molecular weight excluding hydrogens is 420 g/mol. The standard InChI is InChI=1S/C24H17O2.ClHO4/c25-24(20-14-8-3-9-15-20)21-16-22(18-10-4-1-5-11-18)26-23(17-21)19-12-6-2-7-13-19;2-1(3,4)5/h1-17H;(H,2,3,4,5)/q+1;/p-1. The lowest BCUT2D eigenvalue weighted by molar-refractivity contribution is -2.00. The summed E-state index contributed by atoms with van der Waals surface area (Å²) in [5.41, 5.74) is 3.15. The van der Waals surface area contributed by atoms with Gasteiger partial charge in [-0.25, -0.2) is 23.1 Å². The summed E-state index contributed by atoms with van der Waals surface area (Å²) in [7, 11) is -4.94. The van der Waals surface area contributed by atoms with Crippen LogP contribution in [0.2, 0.25) is 0 Å².